The summed E-state index contributed by atoms with van der Waals surface area (Å²) in [7, 11) is 0. The molecule has 2 saturated carbocycles. The van der Waals surface area contributed by atoms with Crippen molar-refractivity contribution in [3.05, 3.63) is 34.9 Å². The van der Waals surface area contributed by atoms with Gasteiger partial charge in [-0.3, -0.25) is 4.79 Å². The summed E-state index contributed by atoms with van der Waals surface area (Å²) in [5.74, 6) is 1.11. The maximum Gasteiger partial charge on any atom is 0.168 e. The molecule has 0 N–H and O–H groups in total. The molecular weight excluding hydrogens is 414 g/mol. The third-order valence-corrected chi connectivity index (χ3v) is 8.62. The lowest BCUT2D eigenvalue weighted by atomic mass is 9.68. The number of Topliss-reactive ketones (excluding diaryl/α,β-unsaturated/α-hetero) is 1. The van der Waals surface area contributed by atoms with Gasteiger partial charge in [0.05, 0.1) is 5.56 Å². The third-order valence-electron chi connectivity index (χ3n) is 8.62. The van der Waals surface area contributed by atoms with Gasteiger partial charge in [-0.2, -0.15) is 0 Å². The summed E-state index contributed by atoms with van der Waals surface area (Å²) in [6.45, 7) is 4.38. The van der Waals surface area contributed by atoms with E-state index in [-0.39, 0.29) is 23.7 Å². The zero-order chi connectivity index (χ0) is 23.6. The summed E-state index contributed by atoms with van der Waals surface area (Å²) in [4.78, 5) is 12.4. The highest BCUT2D eigenvalue weighted by molar-refractivity contribution is 5.96. The SMILES string of the molecule is CCCCCCC(=O)c1c(F)cc(C2CCC(C3CCC(CCCCC)CC3)CC2)cc1F. The van der Waals surface area contributed by atoms with Crippen LogP contribution in [0.5, 0.6) is 0 Å². The van der Waals surface area contributed by atoms with Crippen molar-refractivity contribution in [1.82, 2.24) is 0 Å². The standard InChI is InChI=1S/C30H46F2O/c1-3-5-7-9-11-29(33)30-27(31)20-26(21-28(30)32)25-18-16-24(17-19-25)23-14-12-22(13-15-23)10-8-6-4-2/h20-25H,3-19H2,1-2H3. The van der Waals surface area contributed by atoms with Gasteiger partial charge in [0.15, 0.2) is 5.78 Å². The molecule has 2 fully saturated rings. The fraction of sp³-hybridized carbons (Fsp3) is 0.767. The Morgan fingerprint density at radius 3 is 1.88 bits per heavy atom. The van der Waals surface area contributed by atoms with Crippen LogP contribution < -0.4 is 0 Å². The van der Waals surface area contributed by atoms with E-state index < -0.39 is 11.6 Å². The first-order valence-electron chi connectivity index (χ1n) is 14.1. The van der Waals surface area contributed by atoms with Crippen LogP contribution in [0.4, 0.5) is 8.78 Å². The zero-order valence-corrected chi connectivity index (χ0v) is 21.1. The van der Waals surface area contributed by atoms with Crippen LogP contribution in [0.25, 0.3) is 0 Å². The van der Waals surface area contributed by atoms with Crippen LogP contribution in [0.15, 0.2) is 12.1 Å². The second-order valence-corrected chi connectivity index (χ2v) is 11.0. The Morgan fingerprint density at radius 1 is 0.758 bits per heavy atom. The third kappa shape index (κ3) is 7.62. The summed E-state index contributed by atoms with van der Waals surface area (Å²) >= 11 is 0. The maximum absolute atomic E-state index is 14.7. The highest BCUT2D eigenvalue weighted by atomic mass is 19.1. The van der Waals surface area contributed by atoms with Crippen molar-refractivity contribution in [2.24, 2.45) is 17.8 Å². The second-order valence-electron chi connectivity index (χ2n) is 11.0. The van der Waals surface area contributed by atoms with Crippen LogP contribution >= 0.6 is 0 Å². The average molecular weight is 461 g/mol. The van der Waals surface area contributed by atoms with E-state index in [1.165, 1.54) is 76.3 Å². The molecule has 0 radical (unpaired) electrons. The van der Waals surface area contributed by atoms with Crippen LogP contribution in [0.1, 0.15) is 145 Å². The molecule has 0 aromatic heterocycles. The number of hydrogen-bond donors (Lipinski definition) is 0. The molecule has 0 bridgehead atoms. The number of unbranched alkanes of at least 4 members (excludes halogenated alkanes) is 5. The molecule has 3 heteroatoms. The molecule has 0 spiro atoms. The van der Waals surface area contributed by atoms with Crippen LogP contribution in [-0.2, 0) is 0 Å². The summed E-state index contributed by atoms with van der Waals surface area (Å²) < 4.78 is 29.5. The predicted octanol–water partition coefficient (Wildman–Crippen LogP) is 9.78. The molecule has 0 atom stereocenters. The van der Waals surface area contributed by atoms with Crippen LogP contribution in [0.3, 0.4) is 0 Å². The van der Waals surface area contributed by atoms with Gasteiger partial charge in [0.25, 0.3) is 0 Å². The van der Waals surface area contributed by atoms with E-state index in [9.17, 15) is 13.6 Å². The molecule has 1 aromatic carbocycles. The van der Waals surface area contributed by atoms with Crippen LogP contribution in [-0.4, -0.2) is 5.78 Å². The minimum Gasteiger partial charge on any atom is -0.294 e. The van der Waals surface area contributed by atoms with Crippen molar-refractivity contribution in [2.75, 3.05) is 0 Å². The first-order chi connectivity index (χ1) is 16.0. The molecule has 0 unspecified atom stereocenters. The minimum atomic E-state index is -0.658. The van der Waals surface area contributed by atoms with Gasteiger partial charge in [-0.1, -0.05) is 71.6 Å². The molecule has 186 valence electrons. The molecule has 1 aromatic rings. The number of hydrogen-bond acceptors (Lipinski definition) is 1. The Morgan fingerprint density at radius 2 is 1.30 bits per heavy atom. The number of ketones is 1. The fourth-order valence-electron chi connectivity index (χ4n) is 6.49. The van der Waals surface area contributed by atoms with Crippen LogP contribution in [0.2, 0.25) is 0 Å². The van der Waals surface area contributed by atoms with Gasteiger partial charge < -0.3 is 0 Å². The smallest absolute Gasteiger partial charge is 0.168 e. The Balaban J connectivity index is 1.48. The summed E-state index contributed by atoms with van der Waals surface area (Å²) in [5.41, 5.74) is 0.435. The van der Waals surface area contributed by atoms with E-state index in [1.807, 2.05) is 0 Å². The van der Waals surface area contributed by atoms with Gasteiger partial charge in [-0.15, -0.1) is 0 Å². The Bertz CT molecular complexity index is 704. The maximum atomic E-state index is 14.7. The van der Waals surface area contributed by atoms with Gasteiger partial charge in [0, 0.05) is 6.42 Å². The number of carbonyl (C=O) groups is 1. The van der Waals surface area contributed by atoms with Crippen molar-refractivity contribution in [1.29, 1.82) is 0 Å². The van der Waals surface area contributed by atoms with Gasteiger partial charge in [0.2, 0.25) is 0 Å². The summed E-state index contributed by atoms with van der Waals surface area (Å²) in [6.07, 6.45) is 19.5. The largest absolute Gasteiger partial charge is 0.294 e. The van der Waals surface area contributed by atoms with Crippen molar-refractivity contribution in [3.8, 4) is 0 Å². The first kappa shape index (κ1) is 26.4. The van der Waals surface area contributed by atoms with E-state index in [0.29, 0.717) is 6.42 Å². The van der Waals surface area contributed by atoms with Gasteiger partial charge in [-0.25, -0.2) is 8.78 Å². The number of halogens is 2. The lowest BCUT2D eigenvalue weighted by Gasteiger charge is -2.38. The van der Waals surface area contributed by atoms with E-state index in [2.05, 4.69) is 13.8 Å². The molecule has 0 amide bonds. The topological polar surface area (TPSA) is 17.1 Å². The predicted molar refractivity (Wildman–Crippen MR) is 134 cm³/mol. The van der Waals surface area contributed by atoms with E-state index >= 15 is 0 Å². The molecule has 2 aliphatic carbocycles. The Kier molecular flexibility index (Phi) is 10.9. The molecule has 0 heterocycles. The monoisotopic (exact) mass is 460 g/mol. The highest BCUT2D eigenvalue weighted by Gasteiger charge is 2.32. The molecular formula is C30H46F2O. The van der Waals surface area contributed by atoms with Gasteiger partial charge in [0.1, 0.15) is 11.6 Å². The van der Waals surface area contributed by atoms with Crippen molar-refractivity contribution < 1.29 is 13.6 Å². The molecule has 2 aliphatic rings. The summed E-state index contributed by atoms with van der Waals surface area (Å²) in [6, 6.07) is 2.91. The van der Waals surface area contributed by atoms with Crippen LogP contribution in [0, 0.1) is 29.4 Å². The zero-order valence-electron chi connectivity index (χ0n) is 21.1. The van der Waals surface area contributed by atoms with E-state index in [4.69, 9.17) is 0 Å². The first-order valence-corrected chi connectivity index (χ1v) is 14.1. The molecule has 33 heavy (non-hydrogen) atoms. The molecule has 0 saturated heterocycles. The van der Waals surface area contributed by atoms with Crippen molar-refractivity contribution in [3.63, 3.8) is 0 Å². The summed E-state index contributed by atoms with van der Waals surface area (Å²) in [5, 5.41) is 0. The fourth-order valence-corrected chi connectivity index (χ4v) is 6.49. The minimum absolute atomic E-state index is 0.226. The van der Waals surface area contributed by atoms with Gasteiger partial charge in [-0.05, 0) is 86.3 Å². The number of benzene rings is 1. The lowest BCUT2D eigenvalue weighted by molar-refractivity contribution is 0.0971. The lowest BCUT2D eigenvalue weighted by Crippen LogP contribution is -2.25. The molecule has 0 aliphatic heterocycles. The number of rotatable bonds is 12. The van der Waals surface area contributed by atoms with Crippen molar-refractivity contribution >= 4 is 5.78 Å². The quantitative estimate of drug-likeness (QED) is 0.224. The second kappa shape index (κ2) is 13.6. The number of carbonyl (C=O) groups excluding carboxylic acids is 1. The van der Waals surface area contributed by atoms with E-state index in [1.54, 1.807) is 0 Å². The van der Waals surface area contributed by atoms with Crippen molar-refractivity contribution in [2.45, 2.75) is 129 Å². The normalized spacial score (nSPS) is 25.8. The Labute approximate surface area is 201 Å². The molecule has 1 nitrogen and oxygen atoms in total. The Hall–Kier alpha value is -1.25. The average Bonchev–Trinajstić information content (AvgIpc) is 2.82. The highest BCUT2D eigenvalue weighted by Crippen LogP contribution is 2.44. The van der Waals surface area contributed by atoms with Gasteiger partial charge >= 0.3 is 0 Å². The van der Waals surface area contributed by atoms with E-state index in [0.717, 1.165) is 55.4 Å². The molecule has 3 rings (SSSR count).